The molecule has 2 unspecified atom stereocenters. The van der Waals surface area contributed by atoms with Crippen molar-refractivity contribution in [3.63, 3.8) is 0 Å². The summed E-state index contributed by atoms with van der Waals surface area (Å²) in [6.45, 7) is 10.2. The first kappa shape index (κ1) is 18.4. The van der Waals surface area contributed by atoms with Crippen LogP contribution in [0.25, 0.3) is 0 Å². The van der Waals surface area contributed by atoms with Gasteiger partial charge in [0, 0.05) is 17.8 Å². The van der Waals surface area contributed by atoms with Crippen molar-refractivity contribution < 1.29 is 20.3 Å². The van der Waals surface area contributed by atoms with E-state index in [4.69, 9.17) is 23.2 Å². The van der Waals surface area contributed by atoms with E-state index < -0.39 is 32.7 Å². The summed E-state index contributed by atoms with van der Waals surface area (Å²) in [5.74, 6) is 0.458. The van der Waals surface area contributed by atoms with Gasteiger partial charge in [-0.25, -0.2) is 0 Å². The molecule has 1 fully saturated rings. The molecule has 4 nitrogen and oxygen atoms in total. The second-order valence-electron chi connectivity index (χ2n) is 6.17. The average Bonchev–Trinajstić information content (AvgIpc) is 2.69. The molecule has 1 saturated heterocycles. The Morgan fingerprint density at radius 1 is 1.43 bits per heavy atom. The minimum atomic E-state index is -1.58. The molecule has 1 rings (SSSR count). The minimum absolute atomic E-state index is 0.0182. The largest absolute Gasteiger partial charge is 0.379 e. The molecule has 1 N–H and O–H groups in total. The van der Waals surface area contributed by atoms with Crippen LogP contribution >= 0.6 is 30.0 Å². The molecule has 1 heterocycles. The molecular weight excluding hydrogens is 326 g/mol. The van der Waals surface area contributed by atoms with Gasteiger partial charge in [-0.1, -0.05) is 56.2 Å². The zero-order valence-corrected chi connectivity index (χ0v) is 15.8. The van der Waals surface area contributed by atoms with Crippen LogP contribution in [-0.4, -0.2) is 53.4 Å². The molecule has 122 valence electrons. The fraction of sp³-hybridized carbons (Fsp3) is 1.00. The second kappa shape index (κ2) is 8.77. The summed E-state index contributed by atoms with van der Waals surface area (Å²) in [6, 6.07) is -0.629. The SMILES string of the molecule is [2H]C[C@H]1O[C@@H]([B])[C@@H](OCSSC(C)(C)C)C1OP(O)C(C)C. The summed E-state index contributed by atoms with van der Waals surface area (Å²) in [5, 5.41) is 0. The normalized spacial score (nSPS) is 32.4. The number of hydrogen-bond donors (Lipinski definition) is 1. The zero-order chi connectivity index (χ0) is 16.9. The van der Waals surface area contributed by atoms with E-state index in [9.17, 15) is 4.89 Å². The van der Waals surface area contributed by atoms with Crippen LogP contribution < -0.4 is 0 Å². The van der Waals surface area contributed by atoms with Crippen molar-refractivity contribution in [1.29, 1.82) is 0 Å². The van der Waals surface area contributed by atoms with Gasteiger partial charge in [0.1, 0.15) is 26.0 Å². The Morgan fingerprint density at radius 3 is 2.62 bits per heavy atom. The average molecular weight is 353 g/mol. The van der Waals surface area contributed by atoms with Gasteiger partial charge >= 0.3 is 0 Å². The van der Waals surface area contributed by atoms with Gasteiger partial charge in [0.15, 0.2) is 8.38 Å². The fourth-order valence-electron chi connectivity index (χ4n) is 1.63. The topological polar surface area (TPSA) is 47.9 Å². The molecule has 0 aromatic heterocycles. The van der Waals surface area contributed by atoms with Crippen molar-refractivity contribution in [3.05, 3.63) is 0 Å². The van der Waals surface area contributed by atoms with E-state index in [1.165, 1.54) is 0 Å². The van der Waals surface area contributed by atoms with Gasteiger partial charge in [0.2, 0.25) is 0 Å². The molecule has 5 atom stereocenters. The Labute approximate surface area is 140 Å². The first-order chi connectivity index (χ1) is 10.2. The van der Waals surface area contributed by atoms with Crippen molar-refractivity contribution in [3.8, 4) is 0 Å². The van der Waals surface area contributed by atoms with Gasteiger partial charge in [-0.15, -0.1) is 0 Å². The summed E-state index contributed by atoms with van der Waals surface area (Å²) in [7, 11) is 7.72. The summed E-state index contributed by atoms with van der Waals surface area (Å²) >= 11 is 0. The van der Waals surface area contributed by atoms with Gasteiger partial charge in [-0.2, -0.15) is 0 Å². The summed E-state index contributed by atoms with van der Waals surface area (Å²) in [4.78, 5) is 10.0. The molecule has 2 radical (unpaired) electrons. The fourth-order valence-corrected chi connectivity index (χ4v) is 4.36. The molecule has 0 aliphatic carbocycles. The molecule has 21 heavy (non-hydrogen) atoms. The van der Waals surface area contributed by atoms with Crippen LogP contribution in [-0.2, 0) is 14.0 Å². The highest BCUT2D eigenvalue weighted by atomic mass is 33.1. The van der Waals surface area contributed by atoms with E-state index in [0.717, 1.165) is 0 Å². The molecule has 1 aliphatic heterocycles. The number of ether oxygens (including phenoxy) is 2. The third kappa shape index (κ3) is 6.98. The van der Waals surface area contributed by atoms with Crippen LogP contribution in [0.4, 0.5) is 0 Å². The predicted octanol–water partition coefficient (Wildman–Crippen LogP) is 3.52. The van der Waals surface area contributed by atoms with Crippen LogP contribution in [0, 0.1) is 0 Å². The van der Waals surface area contributed by atoms with Gasteiger partial charge in [-0.3, -0.25) is 0 Å². The molecular formula is C13H26BO4PS2. The van der Waals surface area contributed by atoms with E-state index in [1.807, 2.05) is 13.8 Å². The molecule has 1 aliphatic rings. The first-order valence-electron chi connectivity index (χ1n) is 7.64. The number of hydrogen-bond acceptors (Lipinski definition) is 6. The standard InChI is InChI=1S/C13H26BO4PS2/c1-8(2)19(15)18-10-9(3)17-12(14)11(10)16-7-20-21-13(4,5)6/h8-12,15H,7H2,1-6H3/t9-,10?,11+,12-,19?/m1/s1/i3D. The summed E-state index contributed by atoms with van der Waals surface area (Å²) < 4.78 is 24.8. The Bertz CT molecular complexity index is 336. The van der Waals surface area contributed by atoms with Gasteiger partial charge in [0.05, 0.1) is 6.10 Å². The van der Waals surface area contributed by atoms with E-state index in [0.29, 0.717) is 5.94 Å². The Kier molecular flexibility index (Phi) is 7.67. The maximum Gasteiger partial charge on any atom is 0.170 e. The lowest BCUT2D eigenvalue weighted by atomic mass is 9.93. The first-order valence-corrected chi connectivity index (χ1v) is 10.5. The lowest BCUT2D eigenvalue weighted by Gasteiger charge is -2.26. The summed E-state index contributed by atoms with van der Waals surface area (Å²) in [6.07, 6.45) is -1.42. The smallest absolute Gasteiger partial charge is 0.170 e. The third-order valence-electron chi connectivity index (χ3n) is 2.63. The quantitative estimate of drug-likeness (QED) is 0.248. The molecule has 0 amide bonds. The third-order valence-corrected chi connectivity index (χ3v) is 6.97. The highest BCUT2D eigenvalue weighted by Crippen LogP contribution is 2.43. The minimum Gasteiger partial charge on any atom is -0.379 e. The second-order valence-corrected chi connectivity index (χ2v) is 11.1. The molecule has 0 aromatic rings. The van der Waals surface area contributed by atoms with Crippen molar-refractivity contribution in [2.75, 3.05) is 5.94 Å². The van der Waals surface area contributed by atoms with Crippen LogP contribution in [0.5, 0.6) is 0 Å². The van der Waals surface area contributed by atoms with Crippen molar-refractivity contribution in [1.82, 2.24) is 0 Å². The Balaban J connectivity index is 2.56. The highest BCUT2D eigenvalue weighted by molar-refractivity contribution is 8.77. The van der Waals surface area contributed by atoms with E-state index in [-0.39, 0.29) is 17.3 Å². The molecule has 0 aromatic carbocycles. The summed E-state index contributed by atoms with van der Waals surface area (Å²) in [5.41, 5.74) is 0.0182. The van der Waals surface area contributed by atoms with E-state index in [2.05, 4.69) is 20.8 Å². The van der Waals surface area contributed by atoms with Crippen molar-refractivity contribution in [2.24, 2.45) is 0 Å². The Hall–Kier alpha value is 1.03. The van der Waals surface area contributed by atoms with E-state index in [1.54, 1.807) is 21.6 Å². The monoisotopic (exact) mass is 353 g/mol. The van der Waals surface area contributed by atoms with Crippen molar-refractivity contribution in [2.45, 2.75) is 76.2 Å². The lowest BCUT2D eigenvalue weighted by molar-refractivity contribution is 0.0132. The van der Waals surface area contributed by atoms with Crippen LogP contribution in [0.15, 0.2) is 0 Å². The van der Waals surface area contributed by atoms with Gasteiger partial charge in [0.25, 0.3) is 0 Å². The molecule has 8 heteroatoms. The van der Waals surface area contributed by atoms with E-state index >= 15 is 0 Å². The molecule has 0 saturated carbocycles. The van der Waals surface area contributed by atoms with Crippen LogP contribution in [0.1, 0.15) is 42.9 Å². The van der Waals surface area contributed by atoms with Gasteiger partial charge < -0.3 is 18.9 Å². The van der Waals surface area contributed by atoms with Gasteiger partial charge in [-0.05, 0) is 6.90 Å². The van der Waals surface area contributed by atoms with Crippen LogP contribution in [0.3, 0.4) is 0 Å². The molecule has 0 spiro atoms. The maximum atomic E-state index is 10.0. The maximum absolute atomic E-state index is 10.0. The number of rotatable bonds is 7. The lowest BCUT2D eigenvalue weighted by Crippen LogP contribution is -2.36. The predicted molar refractivity (Wildman–Crippen MR) is 93.9 cm³/mol. The highest BCUT2D eigenvalue weighted by Gasteiger charge is 2.43. The molecule has 0 bridgehead atoms. The van der Waals surface area contributed by atoms with Crippen molar-refractivity contribution >= 4 is 37.8 Å². The Morgan fingerprint density at radius 2 is 2.10 bits per heavy atom. The van der Waals surface area contributed by atoms with Crippen LogP contribution in [0.2, 0.25) is 0 Å². The zero-order valence-electron chi connectivity index (χ0n) is 14.3.